The second-order valence-electron chi connectivity index (χ2n) is 3.43. The maximum atomic E-state index is 11.4. The highest BCUT2D eigenvalue weighted by atomic mass is 16.7. The Labute approximate surface area is 85.2 Å². The molecule has 1 fully saturated rings. The lowest BCUT2D eigenvalue weighted by Crippen LogP contribution is -2.38. The third-order valence-electron chi connectivity index (χ3n) is 2.29. The van der Waals surface area contributed by atoms with Gasteiger partial charge in [0.1, 0.15) is 6.73 Å². The fourth-order valence-corrected chi connectivity index (χ4v) is 1.48. The smallest absolute Gasteiger partial charge is 0.224 e. The topological polar surface area (TPSA) is 38.8 Å². The number of amides is 1. The van der Waals surface area contributed by atoms with Crippen molar-refractivity contribution in [2.24, 2.45) is 0 Å². The van der Waals surface area contributed by atoms with Crippen LogP contribution in [0.25, 0.3) is 0 Å². The molecule has 1 aliphatic rings. The van der Waals surface area contributed by atoms with Gasteiger partial charge in [-0.15, -0.1) is 0 Å². The third-order valence-corrected chi connectivity index (χ3v) is 2.29. The van der Waals surface area contributed by atoms with Gasteiger partial charge in [0.05, 0.1) is 0 Å². The minimum absolute atomic E-state index is 0.194. The number of ether oxygens (including phenoxy) is 2. The lowest BCUT2D eigenvalue weighted by atomic mass is 10.1. The van der Waals surface area contributed by atoms with Crippen LogP contribution in [0.5, 0.6) is 0 Å². The van der Waals surface area contributed by atoms with Gasteiger partial charge in [-0.1, -0.05) is 0 Å². The molecule has 1 rings (SSSR count). The van der Waals surface area contributed by atoms with Crippen LogP contribution in [-0.4, -0.2) is 37.0 Å². The molecule has 1 unspecified atom stereocenters. The number of carbonyl (C=O) groups is 1. The van der Waals surface area contributed by atoms with Gasteiger partial charge in [0, 0.05) is 19.6 Å². The van der Waals surface area contributed by atoms with Gasteiger partial charge in [-0.3, -0.25) is 4.79 Å². The summed E-state index contributed by atoms with van der Waals surface area (Å²) in [5.74, 6) is 0.194. The van der Waals surface area contributed by atoms with Crippen molar-refractivity contribution in [2.75, 3.05) is 19.9 Å². The molecule has 4 nitrogen and oxygen atoms in total. The quantitative estimate of drug-likeness (QED) is 0.630. The lowest BCUT2D eigenvalue weighted by molar-refractivity contribution is -0.167. The number of carbonyl (C=O) groups excluding carboxylic acids is 1. The normalized spacial score (nSPS) is 19.9. The molecule has 0 aromatic carbocycles. The van der Waals surface area contributed by atoms with Crippen LogP contribution in [0, 0.1) is 0 Å². The van der Waals surface area contributed by atoms with Crippen LogP contribution >= 0.6 is 0 Å². The highest BCUT2D eigenvalue weighted by Gasteiger charge is 2.18. The van der Waals surface area contributed by atoms with Crippen LogP contribution in [0.2, 0.25) is 0 Å². The van der Waals surface area contributed by atoms with Gasteiger partial charge in [-0.2, -0.15) is 0 Å². The molecule has 0 radical (unpaired) electrons. The molecule has 1 saturated heterocycles. The first kappa shape index (κ1) is 11.5. The number of rotatable bonds is 5. The van der Waals surface area contributed by atoms with Gasteiger partial charge in [-0.05, 0) is 26.7 Å². The van der Waals surface area contributed by atoms with E-state index in [1.54, 1.807) is 4.90 Å². The minimum atomic E-state index is -0.227. The maximum absolute atomic E-state index is 11.4. The van der Waals surface area contributed by atoms with Crippen LogP contribution in [0.15, 0.2) is 0 Å². The molecular weight excluding hydrogens is 182 g/mol. The molecular formula is C10H19NO3. The second-order valence-corrected chi connectivity index (χ2v) is 3.43. The zero-order valence-corrected chi connectivity index (χ0v) is 8.99. The summed E-state index contributed by atoms with van der Waals surface area (Å²) in [5, 5.41) is 0. The minimum Gasteiger partial charge on any atom is -0.353 e. The monoisotopic (exact) mass is 201 g/mol. The van der Waals surface area contributed by atoms with Gasteiger partial charge in [0.15, 0.2) is 6.29 Å². The summed E-state index contributed by atoms with van der Waals surface area (Å²) >= 11 is 0. The van der Waals surface area contributed by atoms with Crippen LogP contribution in [0.4, 0.5) is 0 Å². The van der Waals surface area contributed by atoms with E-state index < -0.39 is 0 Å². The Kier molecular flexibility index (Phi) is 4.90. The fourth-order valence-electron chi connectivity index (χ4n) is 1.48. The van der Waals surface area contributed by atoms with Crippen molar-refractivity contribution in [1.29, 1.82) is 0 Å². The Morgan fingerprint density at radius 3 is 2.86 bits per heavy atom. The Hall–Kier alpha value is -0.610. The van der Waals surface area contributed by atoms with Gasteiger partial charge in [-0.25, -0.2) is 0 Å². The molecule has 1 amide bonds. The molecule has 0 aromatic rings. The summed E-state index contributed by atoms with van der Waals surface area (Å²) in [4.78, 5) is 13.1. The van der Waals surface area contributed by atoms with Gasteiger partial charge >= 0.3 is 0 Å². The first-order valence-corrected chi connectivity index (χ1v) is 5.25. The van der Waals surface area contributed by atoms with E-state index in [-0.39, 0.29) is 12.2 Å². The van der Waals surface area contributed by atoms with E-state index in [1.807, 2.05) is 13.8 Å². The van der Waals surface area contributed by atoms with Gasteiger partial charge < -0.3 is 14.4 Å². The number of piperidine rings is 1. The van der Waals surface area contributed by atoms with Crippen molar-refractivity contribution in [3.63, 3.8) is 0 Å². The van der Waals surface area contributed by atoms with Gasteiger partial charge in [0.2, 0.25) is 5.91 Å². The van der Waals surface area contributed by atoms with E-state index in [0.29, 0.717) is 19.8 Å². The second kappa shape index (κ2) is 5.98. The zero-order chi connectivity index (χ0) is 10.4. The molecule has 0 spiro atoms. The van der Waals surface area contributed by atoms with E-state index in [1.165, 1.54) is 0 Å². The summed E-state index contributed by atoms with van der Waals surface area (Å²) in [7, 11) is 0. The predicted molar refractivity (Wildman–Crippen MR) is 52.6 cm³/mol. The molecule has 0 N–H and O–H groups in total. The molecule has 14 heavy (non-hydrogen) atoms. The Bertz CT molecular complexity index is 184. The standard InChI is InChI=1S/C10H19NO3/c1-3-13-9(2)14-8-11-7-5-4-6-10(11)12/h9H,3-8H2,1-2H3. The molecule has 0 bridgehead atoms. The summed E-state index contributed by atoms with van der Waals surface area (Å²) in [6.45, 7) is 5.58. The number of hydrogen-bond acceptors (Lipinski definition) is 3. The Morgan fingerprint density at radius 2 is 2.21 bits per heavy atom. The molecule has 0 aromatic heterocycles. The highest BCUT2D eigenvalue weighted by Crippen LogP contribution is 2.10. The Morgan fingerprint density at radius 1 is 1.43 bits per heavy atom. The first-order valence-electron chi connectivity index (χ1n) is 5.25. The highest BCUT2D eigenvalue weighted by molar-refractivity contribution is 5.76. The van der Waals surface area contributed by atoms with Crippen LogP contribution in [0.1, 0.15) is 33.1 Å². The van der Waals surface area contributed by atoms with Crippen molar-refractivity contribution in [2.45, 2.75) is 39.4 Å². The molecule has 1 aliphatic heterocycles. The average Bonchev–Trinajstić information content (AvgIpc) is 2.17. The first-order chi connectivity index (χ1) is 6.74. The van der Waals surface area contributed by atoms with E-state index in [2.05, 4.69) is 0 Å². The van der Waals surface area contributed by atoms with Crippen LogP contribution < -0.4 is 0 Å². The summed E-state index contributed by atoms with van der Waals surface area (Å²) < 4.78 is 10.6. The fraction of sp³-hybridized carbons (Fsp3) is 0.900. The van der Waals surface area contributed by atoms with Gasteiger partial charge in [0.25, 0.3) is 0 Å². The summed E-state index contributed by atoms with van der Waals surface area (Å²) in [5.41, 5.74) is 0. The maximum Gasteiger partial charge on any atom is 0.224 e. The molecule has 4 heteroatoms. The number of likely N-dealkylation sites (tertiary alicyclic amines) is 1. The SMILES string of the molecule is CCOC(C)OCN1CCCCC1=O. The van der Waals surface area contributed by atoms with Crippen molar-refractivity contribution in [3.05, 3.63) is 0 Å². The van der Waals surface area contributed by atoms with Crippen LogP contribution in [-0.2, 0) is 14.3 Å². The van der Waals surface area contributed by atoms with Crippen LogP contribution in [0.3, 0.4) is 0 Å². The average molecular weight is 201 g/mol. The molecule has 1 atom stereocenters. The summed E-state index contributed by atoms with van der Waals surface area (Å²) in [6.07, 6.45) is 2.52. The van der Waals surface area contributed by atoms with E-state index >= 15 is 0 Å². The largest absolute Gasteiger partial charge is 0.353 e. The summed E-state index contributed by atoms with van der Waals surface area (Å²) in [6, 6.07) is 0. The van der Waals surface area contributed by atoms with E-state index in [4.69, 9.17) is 9.47 Å². The molecule has 0 aliphatic carbocycles. The predicted octanol–water partition coefficient (Wildman–Crippen LogP) is 1.36. The molecule has 0 saturated carbocycles. The third kappa shape index (κ3) is 3.64. The Balaban J connectivity index is 2.19. The molecule has 1 heterocycles. The van der Waals surface area contributed by atoms with Crippen molar-refractivity contribution >= 4 is 5.91 Å². The van der Waals surface area contributed by atoms with Crippen molar-refractivity contribution in [1.82, 2.24) is 4.90 Å². The van der Waals surface area contributed by atoms with Crippen molar-refractivity contribution < 1.29 is 14.3 Å². The number of nitrogens with zero attached hydrogens (tertiary/aromatic N) is 1. The van der Waals surface area contributed by atoms with E-state index in [9.17, 15) is 4.79 Å². The lowest BCUT2D eigenvalue weighted by Gasteiger charge is -2.27. The van der Waals surface area contributed by atoms with Crippen molar-refractivity contribution in [3.8, 4) is 0 Å². The number of hydrogen-bond donors (Lipinski definition) is 0. The molecule has 82 valence electrons. The van der Waals surface area contributed by atoms with E-state index in [0.717, 1.165) is 19.4 Å². The zero-order valence-electron chi connectivity index (χ0n) is 8.99.